The number of fused-ring (bicyclic) bond motifs is 4. The second kappa shape index (κ2) is 12.5. The summed E-state index contributed by atoms with van der Waals surface area (Å²) in [4.78, 5) is 10.2. The second-order valence-corrected chi connectivity index (χ2v) is 13.0. The van der Waals surface area contributed by atoms with Gasteiger partial charge in [0.25, 0.3) is 0 Å². The predicted octanol–water partition coefficient (Wildman–Crippen LogP) is 12.5. The highest BCUT2D eigenvalue weighted by molar-refractivity contribution is 6.06. The molecule has 0 amide bonds. The number of aryl methyl sites for hydroxylation is 1. The zero-order valence-corrected chi connectivity index (χ0v) is 28.0. The largest absolute Gasteiger partial charge is 0.245 e. The van der Waals surface area contributed by atoms with E-state index in [1.807, 2.05) is 30.3 Å². The highest BCUT2D eigenvalue weighted by Gasteiger charge is 2.13. The molecule has 2 heterocycles. The van der Waals surface area contributed by atoms with Gasteiger partial charge >= 0.3 is 0 Å². The van der Waals surface area contributed by atoms with Crippen LogP contribution in [0.3, 0.4) is 0 Å². The average molecular weight is 650 g/mol. The summed E-state index contributed by atoms with van der Waals surface area (Å²) in [5.41, 5.74) is 14.2. The molecular weight excluding hydrogens is 619 g/mol. The van der Waals surface area contributed by atoms with Crippen LogP contribution < -0.4 is 0 Å². The molecule has 0 atom stereocenters. The van der Waals surface area contributed by atoms with E-state index in [1.54, 1.807) is 0 Å². The van der Waals surface area contributed by atoms with Gasteiger partial charge in [0.05, 0.1) is 34.1 Å². The third kappa shape index (κ3) is 5.60. The van der Waals surface area contributed by atoms with Gasteiger partial charge in [-0.25, -0.2) is 9.97 Å². The molecule has 0 radical (unpaired) electrons. The first-order chi connectivity index (χ1) is 25.1. The first-order valence-corrected chi connectivity index (χ1v) is 17.1. The number of benzene rings is 7. The number of pyridine rings is 2. The molecule has 9 rings (SSSR count). The van der Waals surface area contributed by atoms with Crippen molar-refractivity contribution in [3.8, 4) is 62.0 Å². The Bertz CT molecular complexity index is 2810. The Kier molecular flexibility index (Phi) is 7.42. The fraction of sp³-hybridized carbons (Fsp3) is 0.0208. The zero-order chi connectivity index (χ0) is 34.3. The Hall–Kier alpha value is -6.89. The summed E-state index contributed by atoms with van der Waals surface area (Å²) < 4.78 is 0. The van der Waals surface area contributed by atoms with Gasteiger partial charge < -0.3 is 0 Å². The van der Waals surface area contributed by atoms with Gasteiger partial charge in [0, 0.05) is 21.9 Å². The van der Waals surface area contributed by atoms with Crippen LogP contribution in [0.1, 0.15) is 11.1 Å². The van der Waals surface area contributed by atoms with Gasteiger partial charge in [-0.2, -0.15) is 5.26 Å². The first-order valence-electron chi connectivity index (χ1n) is 17.1. The van der Waals surface area contributed by atoms with Crippen molar-refractivity contribution < 1.29 is 0 Å². The molecule has 0 unspecified atom stereocenters. The Labute approximate surface area is 296 Å². The molecule has 3 heteroatoms. The normalized spacial score (nSPS) is 11.2. The van der Waals surface area contributed by atoms with E-state index in [0.29, 0.717) is 5.56 Å². The molecule has 0 spiro atoms. The summed E-state index contributed by atoms with van der Waals surface area (Å²) >= 11 is 0. The molecule has 3 nitrogen and oxygen atoms in total. The molecule has 238 valence electrons. The molecule has 9 aromatic rings. The van der Waals surface area contributed by atoms with Crippen LogP contribution in [0.15, 0.2) is 170 Å². The molecule has 51 heavy (non-hydrogen) atoms. The third-order valence-corrected chi connectivity index (χ3v) is 9.73. The maximum absolute atomic E-state index is 9.94. The van der Waals surface area contributed by atoms with E-state index in [9.17, 15) is 5.26 Å². The standard InChI is InChI=1S/C48H31N3/c1-31-8-7-11-38(26-31)39-27-32(30-49)28-40(29-39)42-23-22-41(43-12-5-6-13-44(42)43)33-14-16-35(17-15-33)46-25-21-37-19-18-36-20-24-45(34-9-3-2-4-10-34)50-47(36)48(37)51-46/h2-29H,1H3. The van der Waals surface area contributed by atoms with Crippen molar-refractivity contribution in [2.45, 2.75) is 6.92 Å². The van der Waals surface area contributed by atoms with E-state index in [2.05, 4.69) is 153 Å². The molecular formula is C48H31N3. The quantitative estimate of drug-likeness (QED) is 0.174. The van der Waals surface area contributed by atoms with Crippen LogP contribution in [0, 0.1) is 18.3 Å². The molecule has 0 N–H and O–H groups in total. The molecule has 0 aliphatic rings. The van der Waals surface area contributed by atoms with Crippen LogP contribution in [0.2, 0.25) is 0 Å². The fourth-order valence-electron chi connectivity index (χ4n) is 7.16. The van der Waals surface area contributed by atoms with Gasteiger partial charge in [0.2, 0.25) is 0 Å². The van der Waals surface area contributed by atoms with E-state index in [0.717, 1.165) is 88.5 Å². The van der Waals surface area contributed by atoms with Crippen LogP contribution in [0.25, 0.3) is 88.5 Å². The second-order valence-electron chi connectivity index (χ2n) is 13.0. The van der Waals surface area contributed by atoms with Gasteiger partial charge in [-0.05, 0) is 81.4 Å². The summed E-state index contributed by atoms with van der Waals surface area (Å²) in [7, 11) is 0. The number of aromatic nitrogens is 2. The Morgan fingerprint density at radius 1 is 0.412 bits per heavy atom. The van der Waals surface area contributed by atoms with Gasteiger partial charge in [-0.1, -0.05) is 145 Å². The maximum atomic E-state index is 9.94. The fourth-order valence-corrected chi connectivity index (χ4v) is 7.16. The lowest BCUT2D eigenvalue weighted by Gasteiger charge is -2.14. The molecule has 0 aliphatic carbocycles. The summed E-state index contributed by atoms with van der Waals surface area (Å²) in [6.07, 6.45) is 0. The van der Waals surface area contributed by atoms with E-state index >= 15 is 0 Å². The van der Waals surface area contributed by atoms with Crippen LogP contribution in [-0.4, -0.2) is 9.97 Å². The van der Waals surface area contributed by atoms with Crippen LogP contribution in [0.5, 0.6) is 0 Å². The first kappa shape index (κ1) is 30.2. The van der Waals surface area contributed by atoms with Crippen molar-refractivity contribution in [3.63, 3.8) is 0 Å². The van der Waals surface area contributed by atoms with E-state index in [4.69, 9.17) is 9.97 Å². The number of nitriles is 1. The van der Waals surface area contributed by atoms with E-state index in [1.165, 1.54) is 5.56 Å². The third-order valence-electron chi connectivity index (χ3n) is 9.73. The minimum atomic E-state index is 0.649. The average Bonchev–Trinajstić information content (AvgIpc) is 3.20. The number of hydrogen-bond acceptors (Lipinski definition) is 3. The van der Waals surface area contributed by atoms with Crippen molar-refractivity contribution in [1.82, 2.24) is 9.97 Å². The minimum absolute atomic E-state index is 0.649. The van der Waals surface area contributed by atoms with Gasteiger partial charge in [0.1, 0.15) is 0 Å². The van der Waals surface area contributed by atoms with Crippen LogP contribution >= 0.6 is 0 Å². The lowest BCUT2D eigenvalue weighted by atomic mass is 9.89. The van der Waals surface area contributed by atoms with Crippen molar-refractivity contribution in [1.29, 1.82) is 5.26 Å². The lowest BCUT2D eigenvalue weighted by Crippen LogP contribution is -1.91. The van der Waals surface area contributed by atoms with Gasteiger partial charge in [-0.15, -0.1) is 0 Å². The highest BCUT2D eigenvalue weighted by Crippen LogP contribution is 2.38. The molecule has 7 aromatic carbocycles. The maximum Gasteiger partial charge on any atom is 0.0992 e. The molecule has 0 fully saturated rings. The smallest absolute Gasteiger partial charge is 0.0992 e. The molecule has 0 bridgehead atoms. The van der Waals surface area contributed by atoms with Crippen molar-refractivity contribution in [2.75, 3.05) is 0 Å². The minimum Gasteiger partial charge on any atom is -0.245 e. The molecule has 2 aromatic heterocycles. The topological polar surface area (TPSA) is 49.6 Å². The monoisotopic (exact) mass is 649 g/mol. The number of nitrogens with zero attached hydrogens (tertiary/aromatic N) is 3. The van der Waals surface area contributed by atoms with Crippen molar-refractivity contribution in [2.24, 2.45) is 0 Å². The number of rotatable bonds is 5. The summed E-state index contributed by atoms with van der Waals surface area (Å²) in [6, 6.07) is 61.6. The predicted molar refractivity (Wildman–Crippen MR) is 211 cm³/mol. The van der Waals surface area contributed by atoms with Crippen molar-refractivity contribution >= 4 is 32.6 Å². The van der Waals surface area contributed by atoms with Crippen LogP contribution in [-0.2, 0) is 0 Å². The van der Waals surface area contributed by atoms with Crippen molar-refractivity contribution in [3.05, 3.63) is 181 Å². The molecule has 0 saturated heterocycles. The molecule has 0 aliphatic heterocycles. The summed E-state index contributed by atoms with van der Waals surface area (Å²) in [6.45, 7) is 2.09. The molecule has 0 saturated carbocycles. The van der Waals surface area contributed by atoms with E-state index < -0.39 is 0 Å². The Morgan fingerprint density at radius 3 is 1.57 bits per heavy atom. The summed E-state index contributed by atoms with van der Waals surface area (Å²) in [5.74, 6) is 0. The lowest BCUT2D eigenvalue weighted by molar-refractivity contribution is 1.36. The Balaban J connectivity index is 1.10. The van der Waals surface area contributed by atoms with E-state index in [-0.39, 0.29) is 0 Å². The SMILES string of the molecule is Cc1cccc(-c2cc(C#N)cc(-c3ccc(-c4ccc(-c5ccc6ccc7ccc(-c8ccccc8)nc7c6n5)cc4)c4ccccc34)c2)c1. The van der Waals surface area contributed by atoms with Gasteiger partial charge in [0.15, 0.2) is 0 Å². The van der Waals surface area contributed by atoms with Crippen LogP contribution in [0.4, 0.5) is 0 Å². The summed E-state index contributed by atoms with van der Waals surface area (Å²) in [5, 5.41) is 14.4. The highest BCUT2D eigenvalue weighted by atomic mass is 14.8. The van der Waals surface area contributed by atoms with Gasteiger partial charge in [-0.3, -0.25) is 0 Å². The zero-order valence-electron chi connectivity index (χ0n) is 28.0. The number of hydrogen-bond donors (Lipinski definition) is 0. The Morgan fingerprint density at radius 2 is 0.941 bits per heavy atom.